The second-order valence-electron chi connectivity index (χ2n) is 7.82. The van der Waals surface area contributed by atoms with E-state index in [-0.39, 0.29) is 17.2 Å². The van der Waals surface area contributed by atoms with Gasteiger partial charge in [0.2, 0.25) is 5.91 Å². The number of likely N-dealkylation sites (tertiary alicyclic amines) is 2. The van der Waals surface area contributed by atoms with Crippen molar-refractivity contribution in [1.82, 2.24) is 14.2 Å². The van der Waals surface area contributed by atoms with E-state index in [2.05, 4.69) is 11.3 Å². The van der Waals surface area contributed by atoms with Crippen molar-refractivity contribution in [2.24, 2.45) is 17.3 Å². The number of aryl methyl sites for hydroxylation is 1. The number of hydrogen-bond acceptors (Lipinski definition) is 5. The molecule has 3 fully saturated rings. The van der Waals surface area contributed by atoms with Crippen molar-refractivity contribution in [3.8, 4) is 0 Å². The van der Waals surface area contributed by atoms with Crippen LogP contribution in [0.3, 0.4) is 0 Å². The van der Waals surface area contributed by atoms with Crippen molar-refractivity contribution >= 4 is 29.0 Å². The Labute approximate surface area is 146 Å². The Morgan fingerprint density at radius 2 is 1.88 bits per heavy atom. The Morgan fingerprint density at radius 1 is 1.25 bits per heavy atom. The van der Waals surface area contributed by atoms with Crippen molar-refractivity contribution in [3.05, 3.63) is 10.6 Å². The summed E-state index contributed by atoms with van der Waals surface area (Å²) in [7, 11) is 0. The maximum absolute atomic E-state index is 12.7. The smallest absolute Gasteiger partial charge is 0.267 e. The SMILES string of the molecule is Cc1nsc(C(=O)N2CCC3(CCN(C(=O)C4CC4C)C3)C2)c1N. The molecule has 130 valence electrons. The highest BCUT2D eigenvalue weighted by atomic mass is 32.1. The maximum atomic E-state index is 12.7. The Bertz CT molecular complexity index is 703. The summed E-state index contributed by atoms with van der Waals surface area (Å²) in [4.78, 5) is 29.7. The van der Waals surface area contributed by atoms with Gasteiger partial charge in [0.05, 0.1) is 11.4 Å². The van der Waals surface area contributed by atoms with Gasteiger partial charge >= 0.3 is 0 Å². The maximum Gasteiger partial charge on any atom is 0.267 e. The first-order valence-corrected chi connectivity index (χ1v) is 9.47. The van der Waals surface area contributed by atoms with E-state index in [4.69, 9.17) is 5.73 Å². The predicted octanol–water partition coefficient (Wildman–Crippen LogP) is 1.75. The standard InChI is InChI=1S/C17H24N4O2S/c1-10-7-12(10)15(22)20-5-3-17(8-20)4-6-21(9-17)16(23)14-13(18)11(2)19-24-14/h10,12H,3-9,18H2,1-2H3. The van der Waals surface area contributed by atoms with E-state index in [1.807, 2.05) is 16.7 Å². The summed E-state index contributed by atoms with van der Waals surface area (Å²) in [6, 6.07) is 0. The number of hydrogen-bond donors (Lipinski definition) is 1. The van der Waals surface area contributed by atoms with E-state index < -0.39 is 0 Å². The van der Waals surface area contributed by atoms with Crippen molar-refractivity contribution in [2.75, 3.05) is 31.9 Å². The summed E-state index contributed by atoms with van der Waals surface area (Å²) < 4.78 is 4.18. The van der Waals surface area contributed by atoms with Crippen LogP contribution in [0.1, 0.15) is 41.6 Å². The molecular formula is C17H24N4O2S. The first kappa shape index (κ1) is 15.9. The van der Waals surface area contributed by atoms with Gasteiger partial charge in [-0.05, 0) is 43.6 Å². The van der Waals surface area contributed by atoms with Crippen LogP contribution in [0, 0.1) is 24.2 Å². The summed E-state index contributed by atoms with van der Waals surface area (Å²) in [5.41, 5.74) is 7.30. The second kappa shape index (κ2) is 5.44. The van der Waals surface area contributed by atoms with E-state index in [0.29, 0.717) is 22.4 Å². The quantitative estimate of drug-likeness (QED) is 0.883. The number of amides is 2. The minimum absolute atomic E-state index is 0.00410. The van der Waals surface area contributed by atoms with Crippen LogP contribution < -0.4 is 5.73 Å². The normalized spacial score (nSPS) is 31.9. The van der Waals surface area contributed by atoms with Gasteiger partial charge < -0.3 is 15.5 Å². The first-order valence-electron chi connectivity index (χ1n) is 8.70. The second-order valence-corrected chi connectivity index (χ2v) is 8.59. The molecular weight excluding hydrogens is 324 g/mol. The molecule has 0 aromatic carbocycles. The lowest BCUT2D eigenvalue weighted by Crippen LogP contribution is -2.36. The molecule has 0 bridgehead atoms. The van der Waals surface area contributed by atoms with E-state index in [0.717, 1.165) is 51.1 Å². The number of rotatable bonds is 2. The fourth-order valence-electron chi connectivity index (χ4n) is 4.14. The van der Waals surface area contributed by atoms with E-state index in [9.17, 15) is 9.59 Å². The van der Waals surface area contributed by atoms with Crippen LogP contribution >= 0.6 is 11.5 Å². The van der Waals surface area contributed by atoms with Crippen LogP contribution in [0.25, 0.3) is 0 Å². The molecule has 2 N–H and O–H groups in total. The first-order chi connectivity index (χ1) is 11.4. The molecule has 3 heterocycles. The summed E-state index contributed by atoms with van der Waals surface area (Å²) in [6.45, 7) is 7.09. The van der Waals surface area contributed by atoms with Gasteiger partial charge in [-0.15, -0.1) is 0 Å². The Morgan fingerprint density at radius 3 is 2.46 bits per heavy atom. The highest BCUT2D eigenvalue weighted by Gasteiger charge is 2.49. The lowest BCUT2D eigenvalue weighted by molar-refractivity contribution is -0.132. The fourth-order valence-corrected chi connectivity index (χ4v) is 4.92. The van der Waals surface area contributed by atoms with Gasteiger partial charge in [-0.2, -0.15) is 4.37 Å². The minimum Gasteiger partial charge on any atom is -0.396 e. The lowest BCUT2D eigenvalue weighted by atomic mass is 9.86. The van der Waals surface area contributed by atoms with Crippen LogP contribution in [0.4, 0.5) is 5.69 Å². The molecule has 6 nitrogen and oxygen atoms in total. The molecule has 1 aliphatic carbocycles. The van der Waals surface area contributed by atoms with Gasteiger partial charge in [0.15, 0.2) is 0 Å². The number of nitrogen functional groups attached to an aromatic ring is 1. The molecule has 7 heteroatoms. The van der Waals surface area contributed by atoms with E-state index in [1.54, 1.807) is 0 Å². The van der Waals surface area contributed by atoms with Gasteiger partial charge in [-0.1, -0.05) is 6.92 Å². The lowest BCUT2D eigenvalue weighted by Gasteiger charge is -2.24. The Kier molecular flexibility index (Phi) is 3.60. The van der Waals surface area contributed by atoms with Crippen molar-refractivity contribution < 1.29 is 9.59 Å². The van der Waals surface area contributed by atoms with Gasteiger partial charge in [0.25, 0.3) is 5.91 Å². The van der Waals surface area contributed by atoms with Crippen molar-refractivity contribution in [3.63, 3.8) is 0 Å². The molecule has 1 saturated carbocycles. The zero-order valence-corrected chi connectivity index (χ0v) is 15.1. The fraction of sp³-hybridized carbons (Fsp3) is 0.706. The molecule has 3 aliphatic rings. The van der Waals surface area contributed by atoms with Crippen LogP contribution in [0.5, 0.6) is 0 Å². The molecule has 2 aliphatic heterocycles. The zero-order valence-electron chi connectivity index (χ0n) is 14.2. The molecule has 3 atom stereocenters. The molecule has 3 unspecified atom stereocenters. The third-order valence-electron chi connectivity index (χ3n) is 6.00. The topological polar surface area (TPSA) is 79.5 Å². The number of anilines is 1. The summed E-state index contributed by atoms with van der Waals surface area (Å²) in [6.07, 6.45) is 3.01. The number of nitrogens with two attached hydrogens (primary N) is 1. The van der Waals surface area contributed by atoms with Crippen LogP contribution in [-0.4, -0.2) is 52.2 Å². The molecule has 1 spiro atoms. The number of nitrogens with zero attached hydrogens (tertiary/aromatic N) is 3. The number of carbonyl (C=O) groups excluding carboxylic acids is 2. The zero-order chi connectivity index (χ0) is 17.1. The molecule has 2 amide bonds. The van der Waals surface area contributed by atoms with Gasteiger partial charge in [-0.25, -0.2) is 0 Å². The average molecular weight is 348 g/mol. The largest absolute Gasteiger partial charge is 0.396 e. The average Bonchev–Trinajstić information content (AvgIpc) is 2.94. The van der Waals surface area contributed by atoms with Crippen LogP contribution in [0.15, 0.2) is 0 Å². The van der Waals surface area contributed by atoms with Gasteiger partial charge in [-0.3, -0.25) is 9.59 Å². The Balaban J connectivity index is 1.42. The Hall–Kier alpha value is -1.63. The molecule has 24 heavy (non-hydrogen) atoms. The number of carbonyl (C=O) groups is 2. The number of aromatic nitrogens is 1. The predicted molar refractivity (Wildman–Crippen MR) is 92.7 cm³/mol. The van der Waals surface area contributed by atoms with Crippen molar-refractivity contribution in [2.45, 2.75) is 33.1 Å². The van der Waals surface area contributed by atoms with Gasteiger partial charge in [0.1, 0.15) is 4.88 Å². The van der Waals surface area contributed by atoms with Crippen LogP contribution in [-0.2, 0) is 4.79 Å². The highest BCUT2D eigenvalue weighted by molar-refractivity contribution is 7.08. The third-order valence-corrected chi connectivity index (χ3v) is 6.95. The monoisotopic (exact) mass is 348 g/mol. The molecule has 4 rings (SSSR count). The van der Waals surface area contributed by atoms with E-state index >= 15 is 0 Å². The molecule has 1 aromatic heterocycles. The third kappa shape index (κ3) is 2.49. The molecule has 0 radical (unpaired) electrons. The molecule has 2 saturated heterocycles. The summed E-state index contributed by atoms with van der Waals surface area (Å²) >= 11 is 1.19. The van der Waals surface area contributed by atoms with E-state index in [1.165, 1.54) is 11.5 Å². The summed E-state index contributed by atoms with van der Waals surface area (Å²) in [5.74, 6) is 1.12. The highest BCUT2D eigenvalue weighted by Crippen LogP contribution is 2.44. The molecule has 1 aromatic rings. The van der Waals surface area contributed by atoms with Gasteiger partial charge in [0, 0.05) is 37.5 Å². The minimum atomic E-state index is -0.00410. The van der Waals surface area contributed by atoms with Crippen LogP contribution in [0.2, 0.25) is 0 Å². The van der Waals surface area contributed by atoms with Crippen molar-refractivity contribution in [1.29, 1.82) is 0 Å². The summed E-state index contributed by atoms with van der Waals surface area (Å²) in [5, 5.41) is 0.